The molecule has 0 saturated carbocycles. The lowest BCUT2D eigenvalue weighted by Gasteiger charge is -2.03. The second-order valence-electron chi connectivity index (χ2n) is 4.38. The maximum atomic E-state index is 12.9. The van der Waals surface area contributed by atoms with Gasteiger partial charge in [-0.05, 0) is 36.4 Å². The fourth-order valence-electron chi connectivity index (χ4n) is 1.77. The van der Waals surface area contributed by atoms with Crippen molar-refractivity contribution in [2.45, 2.75) is 6.61 Å². The highest BCUT2D eigenvalue weighted by molar-refractivity contribution is 5.52. The van der Waals surface area contributed by atoms with Crippen molar-refractivity contribution in [3.63, 3.8) is 0 Å². The highest BCUT2D eigenvalue weighted by atomic mass is 19.1. The molecule has 0 unspecified atom stereocenters. The van der Waals surface area contributed by atoms with Crippen LogP contribution in [0, 0.1) is 5.82 Å². The van der Waals surface area contributed by atoms with Gasteiger partial charge in [-0.2, -0.15) is 4.98 Å². The largest absolute Gasteiger partial charge is 0.485 e. The first-order valence-electron chi connectivity index (χ1n) is 6.27. The van der Waals surface area contributed by atoms with E-state index in [-0.39, 0.29) is 12.4 Å². The number of nitrogens with zero attached hydrogens (tertiary/aromatic N) is 2. The summed E-state index contributed by atoms with van der Waals surface area (Å²) in [6, 6.07) is 12.9. The number of hydrogen-bond acceptors (Lipinski definition) is 5. The van der Waals surface area contributed by atoms with E-state index in [1.807, 2.05) is 0 Å². The molecule has 21 heavy (non-hydrogen) atoms. The van der Waals surface area contributed by atoms with E-state index >= 15 is 0 Å². The summed E-state index contributed by atoms with van der Waals surface area (Å²) in [5.74, 6) is 1.03. The average Bonchev–Trinajstić information content (AvgIpc) is 2.95. The quantitative estimate of drug-likeness (QED) is 0.746. The van der Waals surface area contributed by atoms with Gasteiger partial charge in [-0.3, -0.25) is 0 Å². The molecular weight excluding hydrogens is 273 g/mol. The van der Waals surface area contributed by atoms with Gasteiger partial charge in [-0.25, -0.2) is 4.39 Å². The molecule has 5 nitrogen and oxygen atoms in total. The standard InChI is InChI=1S/C15H12FN3O2/c16-11-6-4-10(5-7-11)15-18-14(19-21-15)9-20-13-3-1-2-12(17)8-13/h1-8H,9,17H2. The molecule has 3 rings (SSSR count). The third kappa shape index (κ3) is 3.17. The first-order chi connectivity index (χ1) is 10.2. The van der Waals surface area contributed by atoms with Gasteiger partial charge < -0.3 is 15.0 Å². The van der Waals surface area contributed by atoms with Crippen molar-refractivity contribution in [3.8, 4) is 17.2 Å². The molecule has 0 bridgehead atoms. The Kier molecular flexibility index (Phi) is 3.51. The molecule has 106 valence electrons. The van der Waals surface area contributed by atoms with Crippen molar-refractivity contribution in [2.24, 2.45) is 0 Å². The van der Waals surface area contributed by atoms with Crippen molar-refractivity contribution in [1.82, 2.24) is 10.1 Å². The summed E-state index contributed by atoms with van der Waals surface area (Å²) < 4.78 is 23.5. The van der Waals surface area contributed by atoms with E-state index in [1.165, 1.54) is 12.1 Å². The number of halogens is 1. The van der Waals surface area contributed by atoms with Gasteiger partial charge in [0.05, 0.1) is 0 Å². The first-order valence-corrected chi connectivity index (χ1v) is 6.27. The lowest BCUT2D eigenvalue weighted by molar-refractivity contribution is 0.287. The van der Waals surface area contributed by atoms with E-state index in [0.29, 0.717) is 28.7 Å². The zero-order valence-corrected chi connectivity index (χ0v) is 11.0. The first kappa shape index (κ1) is 13.1. The molecule has 0 fully saturated rings. The van der Waals surface area contributed by atoms with Crippen LogP contribution in [0.5, 0.6) is 5.75 Å². The maximum absolute atomic E-state index is 12.9. The molecular formula is C15H12FN3O2. The number of nitrogen functional groups attached to an aromatic ring is 1. The van der Waals surface area contributed by atoms with Gasteiger partial charge >= 0.3 is 0 Å². The Labute approximate surface area is 120 Å². The van der Waals surface area contributed by atoms with Gasteiger partial charge in [0, 0.05) is 17.3 Å². The number of hydrogen-bond donors (Lipinski definition) is 1. The number of nitrogens with two attached hydrogens (primary N) is 1. The van der Waals surface area contributed by atoms with Crippen LogP contribution >= 0.6 is 0 Å². The summed E-state index contributed by atoms with van der Waals surface area (Å²) in [7, 11) is 0. The van der Waals surface area contributed by atoms with E-state index in [4.69, 9.17) is 15.0 Å². The Bertz CT molecular complexity index is 741. The van der Waals surface area contributed by atoms with Crippen molar-refractivity contribution >= 4 is 5.69 Å². The zero-order chi connectivity index (χ0) is 14.7. The van der Waals surface area contributed by atoms with E-state index in [0.717, 1.165) is 0 Å². The number of benzene rings is 2. The molecule has 0 atom stereocenters. The monoisotopic (exact) mass is 285 g/mol. The SMILES string of the molecule is Nc1cccc(OCc2noc(-c3ccc(F)cc3)n2)c1. The zero-order valence-electron chi connectivity index (χ0n) is 11.0. The summed E-state index contributed by atoms with van der Waals surface area (Å²) in [6.07, 6.45) is 0. The van der Waals surface area contributed by atoms with Gasteiger partial charge in [0.2, 0.25) is 5.82 Å². The van der Waals surface area contributed by atoms with Crippen LogP contribution in [0.15, 0.2) is 53.1 Å². The Morgan fingerprint density at radius 2 is 1.95 bits per heavy atom. The topological polar surface area (TPSA) is 74.2 Å². The van der Waals surface area contributed by atoms with Gasteiger partial charge in [0.15, 0.2) is 6.61 Å². The van der Waals surface area contributed by atoms with Crippen LogP contribution in [0.3, 0.4) is 0 Å². The average molecular weight is 285 g/mol. The van der Waals surface area contributed by atoms with Crippen LogP contribution in [0.2, 0.25) is 0 Å². The number of aromatic nitrogens is 2. The molecule has 0 aliphatic heterocycles. The van der Waals surface area contributed by atoms with E-state index < -0.39 is 0 Å². The summed E-state index contributed by atoms with van der Waals surface area (Å²) in [6.45, 7) is 0.161. The fraction of sp³-hybridized carbons (Fsp3) is 0.0667. The minimum atomic E-state index is -0.316. The van der Waals surface area contributed by atoms with Crippen LogP contribution < -0.4 is 10.5 Å². The van der Waals surface area contributed by atoms with E-state index in [9.17, 15) is 4.39 Å². The highest BCUT2D eigenvalue weighted by Gasteiger charge is 2.09. The fourth-order valence-corrected chi connectivity index (χ4v) is 1.77. The molecule has 6 heteroatoms. The molecule has 3 aromatic rings. The molecule has 0 saturated heterocycles. The number of rotatable bonds is 4. The van der Waals surface area contributed by atoms with Crippen LogP contribution in [0.25, 0.3) is 11.5 Å². The third-order valence-corrected chi connectivity index (χ3v) is 2.79. The van der Waals surface area contributed by atoms with Crippen LogP contribution in [-0.4, -0.2) is 10.1 Å². The van der Waals surface area contributed by atoms with Gasteiger partial charge in [0.25, 0.3) is 5.89 Å². The van der Waals surface area contributed by atoms with E-state index in [2.05, 4.69) is 10.1 Å². The predicted octanol–water partition coefficient (Wildman–Crippen LogP) is 3.04. The Balaban J connectivity index is 1.69. The summed E-state index contributed by atoms with van der Waals surface area (Å²) in [4.78, 5) is 4.19. The Morgan fingerprint density at radius 1 is 1.14 bits per heavy atom. The van der Waals surface area contributed by atoms with Gasteiger partial charge in [-0.15, -0.1) is 0 Å². The molecule has 0 spiro atoms. The maximum Gasteiger partial charge on any atom is 0.258 e. The lowest BCUT2D eigenvalue weighted by atomic mass is 10.2. The van der Waals surface area contributed by atoms with Crippen molar-refractivity contribution in [1.29, 1.82) is 0 Å². The molecule has 0 aliphatic rings. The van der Waals surface area contributed by atoms with Crippen LogP contribution in [0.1, 0.15) is 5.82 Å². The highest BCUT2D eigenvalue weighted by Crippen LogP contribution is 2.19. The minimum Gasteiger partial charge on any atom is -0.485 e. The minimum absolute atomic E-state index is 0.161. The molecule has 0 radical (unpaired) electrons. The smallest absolute Gasteiger partial charge is 0.258 e. The van der Waals surface area contributed by atoms with Gasteiger partial charge in [0.1, 0.15) is 11.6 Å². The second-order valence-corrected chi connectivity index (χ2v) is 4.38. The molecule has 2 N–H and O–H groups in total. The molecule has 2 aromatic carbocycles. The number of anilines is 1. The molecule has 0 aliphatic carbocycles. The van der Waals surface area contributed by atoms with E-state index in [1.54, 1.807) is 36.4 Å². The number of ether oxygens (including phenoxy) is 1. The Morgan fingerprint density at radius 3 is 2.71 bits per heavy atom. The Hall–Kier alpha value is -2.89. The molecule has 1 heterocycles. The predicted molar refractivity (Wildman–Crippen MR) is 74.9 cm³/mol. The van der Waals surface area contributed by atoms with Crippen LogP contribution in [0.4, 0.5) is 10.1 Å². The second kappa shape index (κ2) is 5.62. The van der Waals surface area contributed by atoms with Crippen molar-refractivity contribution in [3.05, 3.63) is 60.2 Å². The molecule has 1 aromatic heterocycles. The molecule has 0 amide bonds. The summed E-state index contributed by atoms with van der Waals surface area (Å²) >= 11 is 0. The lowest BCUT2D eigenvalue weighted by Crippen LogP contribution is -1.98. The van der Waals surface area contributed by atoms with Crippen LogP contribution in [-0.2, 0) is 6.61 Å². The van der Waals surface area contributed by atoms with Crippen molar-refractivity contribution < 1.29 is 13.7 Å². The normalized spacial score (nSPS) is 10.5. The third-order valence-electron chi connectivity index (χ3n) is 2.79. The summed E-state index contributed by atoms with van der Waals surface area (Å²) in [5, 5.41) is 3.82. The van der Waals surface area contributed by atoms with Crippen molar-refractivity contribution in [2.75, 3.05) is 5.73 Å². The summed E-state index contributed by atoms with van der Waals surface area (Å²) in [5.41, 5.74) is 6.93. The van der Waals surface area contributed by atoms with Gasteiger partial charge in [-0.1, -0.05) is 11.2 Å².